The summed E-state index contributed by atoms with van der Waals surface area (Å²) in [4.78, 5) is 15.4. The van der Waals surface area contributed by atoms with Gasteiger partial charge in [-0.25, -0.2) is 15.0 Å². The molecule has 2 heterocycles. The number of nitrogens with two attached hydrogens (primary N) is 1. The second-order valence-corrected chi connectivity index (χ2v) is 3.93. The van der Waals surface area contributed by atoms with Crippen LogP contribution in [0.25, 0.3) is 10.9 Å². The maximum atomic E-state index is 5.78. The normalized spacial score (nSPS) is 10.7. The summed E-state index contributed by atoms with van der Waals surface area (Å²) >= 11 is 0. The number of hydrogen-bond donors (Lipinski definition) is 3. The Morgan fingerprint density at radius 3 is 3.06 bits per heavy atom. The molecule has 18 heavy (non-hydrogen) atoms. The third-order valence-electron chi connectivity index (χ3n) is 2.66. The first-order valence-corrected chi connectivity index (χ1v) is 5.54. The van der Waals surface area contributed by atoms with Gasteiger partial charge in [0.2, 0.25) is 0 Å². The van der Waals surface area contributed by atoms with Gasteiger partial charge in [-0.05, 0) is 18.2 Å². The first-order valence-electron chi connectivity index (χ1n) is 5.54. The van der Waals surface area contributed by atoms with Crippen LogP contribution >= 0.6 is 0 Å². The number of nitrogens with one attached hydrogen (secondary N) is 2. The molecule has 0 radical (unpaired) electrons. The van der Waals surface area contributed by atoms with Crippen LogP contribution in [0.1, 0.15) is 5.69 Å². The quantitative estimate of drug-likeness (QED) is 0.604. The summed E-state index contributed by atoms with van der Waals surface area (Å²) in [5.41, 5.74) is 8.34. The Kier molecular flexibility index (Phi) is 2.53. The SMILES string of the molecule is Nc1ccc2ncnc(NCc3cnc[nH]3)c2c1. The van der Waals surface area contributed by atoms with Crippen LogP contribution in [0.2, 0.25) is 0 Å². The number of H-pyrrole nitrogens is 1. The number of anilines is 2. The first-order chi connectivity index (χ1) is 8.83. The molecule has 0 aliphatic carbocycles. The molecule has 0 saturated carbocycles. The molecule has 6 heteroatoms. The fourth-order valence-electron chi connectivity index (χ4n) is 1.78. The van der Waals surface area contributed by atoms with Crippen LogP contribution in [-0.4, -0.2) is 19.9 Å². The Bertz CT molecular complexity index is 661. The van der Waals surface area contributed by atoms with E-state index in [-0.39, 0.29) is 0 Å². The number of aromatic amines is 1. The van der Waals surface area contributed by atoms with E-state index >= 15 is 0 Å². The molecule has 0 aliphatic heterocycles. The van der Waals surface area contributed by atoms with Crippen molar-refractivity contribution in [2.24, 2.45) is 0 Å². The van der Waals surface area contributed by atoms with E-state index in [1.54, 1.807) is 12.5 Å². The smallest absolute Gasteiger partial charge is 0.137 e. The summed E-state index contributed by atoms with van der Waals surface area (Å²) in [6.45, 7) is 0.626. The molecular weight excluding hydrogens is 228 g/mol. The van der Waals surface area contributed by atoms with E-state index in [0.29, 0.717) is 12.2 Å². The van der Waals surface area contributed by atoms with E-state index in [0.717, 1.165) is 22.4 Å². The van der Waals surface area contributed by atoms with Gasteiger partial charge >= 0.3 is 0 Å². The molecular formula is C12H12N6. The lowest BCUT2D eigenvalue weighted by molar-refractivity contribution is 1.05. The topological polar surface area (TPSA) is 92.5 Å². The average Bonchev–Trinajstić information content (AvgIpc) is 2.89. The van der Waals surface area contributed by atoms with Crippen LogP contribution in [-0.2, 0) is 6.54 Å². The van der Waals surface area contributed by atoms with Crippen LogP contribution in [0.5, 0.6) is 0 Å². The standard InChI is InChI=1S/C12H12N6/c13-8-1-2-11-10(3-8)12(18-7-17-11)15-5-9-4-14-6-16-9/h1-4,6-7H,5,13H2,(H,14,16)(H,15,17,18). The molecule has 0 fully saturated rings. The Morgan fingerprint density at radius 2 is 2.22 bits per heavy atom. The van der Waals surface area contributed by atoms with Crippen molar-refractivity contribution in [1.29, 1.82) is 0 Å². The lowest BCUT2D eigenvalue weighted by atomic mass is 10.2. The number of nitrogens with zero attached hydrogens (tertiary/aromatic N) is 3. The predicted octanol–water partition coefficient (Wildman–Crippen LogP) is 1.55. The summed E-state index contributed by atoms with van der Waals surface area (Å²) in [6.07, 6.45) is 4.95. The number of imidazole rings is 1. The van der Waals surface area contributed by atoms with Gasteiger partial charge in [0.05, 0.1) is 24.1 Å². The molecule has 2 aromatic heterocycles. The van der Waals surface area contributed by atoms with Gasteiger partial charge in [0.15, 0.2) is 0 Å². The van der Waals surface area contributed by atoms with Gasteiger partial charge in [-0.2, -0.15) is 0 Å². The van der Waals surface area contributed by atoms with Gasteiger partial charge in [-0.15, -0.1) is 0 Å². The molecule has 0 unspecified atom stereocenters. The van der Waals surface area contributed by atoms with E-state index in [1.807, 2.05) is 18.2 Å². The van der Waals surface area contributed by atoms with Crippen LogP contribution in [0, 0.1) is 0 Å². The first kappa shape index (κ1) is 10.5. The molecule has 0 spiro atoms. The Morgan fingerprint density at radius 1 is 1.28 bits per heavy atom. The number of nitrogen functional groups attached to an aromatic ring is 1. The number of hydrogen-bond acceptors (Lipinski definition) is 5. The monoisotopic (exact) mass is 240 g/mol. The van der Waals surface area contributed by atoms with Crippen molar-refractivity contribution in [3.05, 3.63) is 42.7 Å². The van der Waals surface area contributed by atoms with Crippen LogP contribution in [0.3, 0.4) is 0 Å². The molecule has 1 aromatic carbocycles. The van der Waals surface area contributed by atoms with Gasteiger partial charge in [-0.3, -0.25) is 0 Å². The summed E-state index contributed by atoms with van der Waals surface area (Å²) in [5, 5.41) is 4.15. The minimum absolute atomic E-state index is 0.626. The van der Waals surface area contributed by atoms with Crippen molar-refractivity contribution in [3.8, 4) is 0 Å². The maximum Gasteiger partial charge on any atom is 0.137 e. The highest BCUT2D eigenvalue weighted by Gasteiger charge is 2.04. The van der Waals surface area contributed by atoms with E-state index in [1.165, 1.54) is 6.33 Å². The summed E-state index contributed by atoms with van der Waals surface area (Å²) in [5.74, 6) is 0.766. The van der Waals surface area contributed by atoms with Gasteiger partial charge in [-0.1, -0.05) is 0 Å². The van der Waals surface area contributed by atoms with E-state index in [9.17, 15) is 0 Å². The Hall–Kier alpha value is -2.63. The van der Waals surface area contributed by atoms with E-state index in [4.69, 9.17) is 5.73 Å². The summed E-state index contributed by atoms with van der Waals surface area (Å²) in [7, 11) is 0. The fraction of sp³-hybridized carbons (Fsp3) is 0.0833. The number of rotatable bonds is 3. The van der Waals surface area contributed by atoms with Crippen LogP contribution in [0.4, 0.5) is 11.5 Å². The molecule has 6 nitrogen and oxygen atoms in total. The zero-order chi connectivity index (χ0) is 12.4. The zero-order valence-electron chi connectivity index (χ0n) is 9.59. The molecule has 0 bridgehead atoms. The van der Waals surface area contributed by atoms with E-state index in [2.05, 4.69) is 25.3 Å². The van der Waals surface area contributed by atoms with Crippen molar-refractivity contribution in [1.82, 2.24) is 19.9 Å². The highest BCUT2D eigenvalue weighted by Crippen LogP contribution is 2.21. The largest absolute Gasteiger partial charge is 0.399 e. The number of aromatic nitrogens is 4. The fourth-order valence-corrected chi connectivity index (χ4v) is 1.78. The lowest BCUT2D eigenvalue weighted by Gasteiger charge is -2.07. The molecule has 4 N–H and O–H groups in total. The van der Waals surface area contributed by atoms with Crippen molar-refractivity contribution in [3.63, 3.8) is 0 Å². The average molecular weight is 240 g/mol. The summed E-state index contributed by atoms with van der Waals surface area (Å²) < 4.78 is 0. The second-order valence-electron chi connectivity index (χ2n) is 3.93. The third-order valence-corrected chi connectivity index (χ3v) is 2.66. The van der Waals surface area contributed by atoms with Crippen LogP contribution < -0.4 is 11.1 Å². The summed E-state index contributed by atoms with van der Waals surface area (Å²) in [6, 6.07) is 5.58. The van der Waals surface area contributed by atoms with Crippen molar-refractivity contribution < 1.29 is 0 Å². The molecule has 90 valence electrons. The Labute approximate surface area is 103 Å². The van der Waals surface area contributed by atoms with Crippen LogP contribution in [0.15, 0.2) is 37.1 Å². The highest BCUT2D eigenvalue weighted by atomic mass is 15.0. The number of benzene rings is 1. The highest BCUT2D eigenvalue weighted by molar-refractivity contribution is 5.91. The van der Waals surface area contributed by atoms with Crippen molar-refractivity contribution >= 4 is 22.4 Å². The predicted molar refractivity (Wildman–Crippen MR) is 69.9 cm³/mol. The Balaban J connectivity index is 1.93. The van der Waals surface area contributed by atoms with Crippen molar-refractivity contribution in [2.45, 2.75) is 6.54 Å². The second kappa shape index (κ2) is 4.33. The van der Waals surface area contributed by atoms with Gasteiger partial charge in [0, 0.05) is 17.3 Å². The third kappa shape index (κ3) is 1.95. The molecule has 3 aromatic rings. The van der Waals surface area contributed by atoms with Gasteiger partial charge in [0.1, 0.15) is 12.1 Å². The van der Waals surface area contributed by atoms with E-state index < -0.39 is 0 Å². The van der Waals surface area contributed by atoms with Gasteiger partial charge < -0.3 is 16.0 Å². The molecule has 3 rings (SSSR count). The van der Waals surface area contributed by atoms with Gasteiger partial charge in [0.25, 0.3) is 0 Å². The minimum Gasteiger partial charge on any atom is -0.399 e. The minimum atomic E-state index is 0.626. The molecule has 0 saturated heterocycles. The molecule has 0 aliphatic rings. The van der Waals surface area contributed by atoms with Crippen molar-refractivity contribution in [2.75, 3.05) is 11.1 Å². The number of fused-ring (bicyclic) bond motifs is 1. The maximum absolute atomic E-state index is 5.78. The molecule has 0 amide bonds. The molecule has 0 atom stereocenters. The zero-order valence-corrected chi connectivity index (χ0v) is 9.59. The lowest BCUT2D eigenvalue weighted by Crippen LogP contribution is -2.03.